The Kier molecular flexibility index (Phi) is 4.54. The van der Waals surface area contributed by atoms with Gasteiger partial charge in [-0.3, -0.25) is 4.79 Å². The number of rotatable bonds is 4. The first-order chi connectivity index (χ1) is 12.5. The van der Waals surface area contributed by atoms with Gasteiger partial charge in [-0.25, -0.2) is 8.42 Å². The molecule has 0 bridgehead atoms. The molecule has 0 aromatic heterocycles. The van der Waals surface area contributed by atoms with Crippen LogP contribution in [0.3, 0.4) is 0 Å². The molecule has 2 aromatic carbocycles. The van der Waals surface area contributed by atoms with Crippen molar-refractivity contribution in [3.63, 3.8) is 0 Å². The summed E-state index contributed by atoms with van der Waals surface area (Å²) in [6, 6.07) is 17.4. The van der Waals surface area contributed by atoms with Gasteiger partial charge < -0.3 is 4.90 Å². The minimum Gasteiger partial charge on any atom is -0.333 e. The minimum atomic E-state index is -3.48. The summed E-state index contributed by atoms with van der Waals surface area (Å²) in [5.41, 5.74) is 3.28. The van der Waals surface area contributed by atoms with Gasteiger partial charge in [0.05, 0.1) is 18.3 Å². The summed E-state index contributed by atoms with van der Waals surface area (Å²) in [5, 5.41) is 0. The highest BCUT2D eigenvalue weighted by Crippen LogP contribution is 2.33. The van der Waals surface area contributed by atoms with Gasteiger partial charge in [0.2, 0.25) is 15.9 Å². The van der Waals surface area contributed by atoms with Gasteiger partial charge in [-0.05, 0) is 29.5 Å². The van der Waals surface area contributed by atoms with Crippen molar-refractivity contribution < 1.29 is 13.2 Å². The Balaban J connectivity index is 1.54. The van der Waals surface area contributed by atoms with Crippen molar-refractivity contribution in [2.75, 3.05) is 25.4 Å². The minimum absolute atomic E-state index is 0.0264. The summed E-state index contributed by atoms with van der Waals surface area (Å²) in [6.45, 7) is 0.966. The average Bonchev–Trinajstić information content (AvgIpc) is 2.67. The summed E-state index contributed by atoms with van der Waals surface area (Å²) < 4.78 is 27.1. The second kappa shape index (κ2) is 6.85. The third-order valence-corrected chi connectivity index (χ3v) is 7.09. The molecule has 26 heavy (non-hydrogen) atoms. The molecular weight excluding hydrogens is 348 g/mol. The molecule has 0 spiro atoms. The second-order valence-electron chi connectivity index (χ2n) is 6.90. The van der Waals surface area contributed by atoms with Crippen LogP contribution in [-0.2, 0) is 27.7 Å². The second-order valence-corrected chi connectivity index (χ2v) is 8.98. The van der Waals surface area contributed by atoms with E-state index in [2.05, 4.69) is 6.07 Å². The molecule has 2 aromatic rings. The van der Waals surface area contributed by atoms with Gasteiger partial charge in [0.15, 0.2) is 0 Å². The Morgan fingerprint density at radius 1 is 1.00 bits per heavy atom. The molecule has 0 N–H and O–H groups in total. The molecule has 5 nitrogen and oxygen atoms in total. The van der Waals surface area contributed by atoms with E-state index < -0.39 is 10.0 Å². The zero-order valence-corrected chi connectivity index (χ0v) is 15.4. The first-order valence-electron chi connectivity index (χ1n) is 8.93. The molecule has 2 heterocycles. The highest BCUT2D eigenvalue weighted by atomic mass is 32.2. The van der Waals surface area contributed by atoms with Gasteiger partial charge in [-0.15, -0.1) is 0 Å². The van der Waals surface area contributed by atoms with E-state index in [9.17, 15) is 13.2 Å². The molecule has 136 valence electrons. The Labute approximate surface area is 154 Å². The van der Waals surface area contributed by atoms with E-state index in [-0.39, 0.29) is 24.2 Å². The molecule has 6 heteroatoms. The van der Waals surface area contributed by atoms with E-state index in [4.69, 9.17) is 0 Å². The number of sulfonamides is 1. The van der Waals surface area contributed by atoms with Crippen molar-refractivity contribution in [1.82, 2.24) is 9.21 Å². The van der Waals surface area contributed by atoms with E-state index >= 15 is 0 Å². The highest BCUT2D eigenvalue weighted by Gasteiger charge is 2.40. The largest absolute Gasteiger partial charge is 0.333 e. The van der Waals surface area contributed by atoms with Crippen molar-refractivity contribution >= 4 is 15.9 Å². The molecule has 2 aliphatic rings. The smallest absolute Gasteiger partial charge is 0.238 e. The monoisotopic (exact) mass is 370 g/mol. The zero-order valence-electron chi connectivity index (χ0n) is 14.5. The molecule has 1 fully saturated rings. The predicted octanol–water partition coefficient (Wildman–Crippen LogP) is 2.00. The Morgan fingerprint density at radius 3 is 2.54 bits per heavy atom. The van der Waals surface area contributed by atoms with Crippen molar-refractivity contribution in [3.05, 3.63) is 71.3 Å². The van der Waals surface area contributed by atoms with Gasteiger partial charge in [0, 0.05) is 13.1 Å². The lowest BCUT2D eigenvalue weighted by molar-refractivity contribution is -0.138. The molecule has 0 aliphatic carbocycles. The Hall–Kier alpha value is -2.18. The molecule has 1 saturated heterocycles. The number of hydrogen-bond acceptors (Lipinski definition) is 3. The fraction of sp³-hybridized carbons (Fsp3) is 0.350. The van der Waals surface area contributed by atoms with Crippen LogP contribution in [0.4, 0.5) is 0 Å². The van der Waals surface area contributed by atoms with Crippen LogP contribution in [0.1, 0.15) is 22.7 Å². The van der Waals surface area contributed by atoms with Crippen LogP contribution in [0, 0.1) is 0 Å². The fourth-order valence-corrected chi connectivity index (χ4v) is 5.31. The molecular formula is C20H22N2O3S. The number of benzene rings is 2. The Morgan fingerprint density at radius 2 is 1.73 bits per heavy atom. The van der Waals surface area contributed by atoms with Gasteiger partial charge >= 0.3 is 0 Å². The van der Waals surface area contributed by atoms with Crippen LogP contribution in [0.25, 0.3) is 0 Å². The maximum atomic E-state index is 12.8. The van der Waals surface area contributed by atoms with Crippen LogP contribution in [-0.4, -0.2) is 48.9 Å². The van der Waals surface area contributed by atoms with Crippen LogP contribution in [0.5, 0.6) is 0 Å². The number of nitrogens with zero attached hydrogens (tertiary/aromatic N) is 2. The molecule has 1 amide bonds. The normalized spacial score (nSPS) is 20.5. The van der Waals surface area contributed by atoms with Gasteiger partial charge in [-0.1, -0.05) is 54.6 Å². The van der Waals surface area contributed by atoms with Crippen LogP contribution in [0.2, 0.25) is 0 Å². The average molecular weight is 370 g/mol. The number of amides is 1. The van der Waals surface area contributed by atoms with Crippen molar-refractivity contribution in [2.24, 2.45) is 0 Å². The standard InChI is InChI=1S/C20H22N2O3S/c23-20-15-21(26(24,25)13-11-16-6-2-1-3-7-16)14-19-18-9-5-4-8-17(18)10-12-22(19)20/h1-9,19H,10-15H2/t19-/m1/s1. The van der Waals surface area contributed by atoms with Gasteiger partial charge in [0.25, 0.3) is 0 Å². The lowest BCUT2D eigenvalue weighted by Crippen LogP contribution is -2.56. The molecule has 1 atom stereocenters. The van der Waals surface area contributed by atoms with Crippen LogP contribution >= 0.6 is 0 Å². The van der Waals surface area contributed by atoms with E-state index in [1.807, 2.05) is 53.4 Å². The van der Waals surface area contributed by atoms with Crippen LogP contribution < -0.4 is 0 Å². The third kappa shape index (κ3) is 3.27. The van der Waals surface area contributed by atoms with Gasteiger partial charge in [-0.2, -0.15) is 4.31 Å². The SMILES string of the molecule is O=C1CN(S(=O)(=O)CCc2ccccc2)C[C@@H]2c3ccccc3CCN12. The number of hydrogen-bond donors (Lipinski definition) is 0. The molecule has 4 rings (SSSR count). The van der Waals surface area contributed by atoms with Crippen LogP contribution in [0.15, 0.2) is 54.6 Å². The zero-order chi connectivity index (χ0) is 18.1. The van der Waals surface area contributed by atoms with Crippen molar-refractivity contribution in [1.29, 1.82) is 0 Å². The summed E-state index contributed by atoms with van der Waals surface area (Å²) >= 11 is 0. The highest BCUT2D eigenvalue weighted by molar-refractivity contribution is 7.89. The summed E-state index contributed by atoms with van der Waals surface area (Å²) in [5.74, 6) is -0.0717. The van der Waals surface area contributed by atoms with Crippen molar-refractivity contribution in [2.45, 2.75) is 18.9 Å². The third-order valence-electron chi connectivity index (χ3n) is 5.31. The number of aryl methyl sites for hydroxylation is 1. The fourth-order valence-electron chi connectivity index (χ4n) is 3.88. The summed E-state index contributed by atoms with van der Waals surface area (Å²) in [4.78, 5) is 14.4. The topological polar surface area (TPSA) is 57.7 Å². The first-order valence-corrected chi connectivity index (χ1v) is 10.5. The maximum Gasteiger partial charge on any atom is 0.238 e. The van der Waals surface area contributed by atoms with Gasteiger partial charge in [0.1, 0.15) is 0 Å². The van der Waals surface area contributed by atoms with E-state index in [1.165, 1.54) is 9.87 Å². The molecule has 0 unspecified atom stereocenters. The molecule has 0 saturated carbocycles. The molecule has 2 aliphatic heterocycles. The first kappa shape index (κ1) is 17.2. The number of carbonyl (C=O) groups excluding carboxylic acids is 1. The van der Waals surface area contributed by atoms with E-state index in [0.29, 0.717) is 19.5 Å². The van der Waals surface area contributed by atoms with E-state index in [0.717, 1.165) is 17.5 Å². The number of fused-ring (bicyclic) bond motifs is 3. The Bertz CT molecular complexity index is 912. The molecule has 0 radical (unpaired) electrons. The lowest BCUT2D eigenvalue weighted by atomic mass is 9.91. The summed E-state index contributed by atoms with van der Waals surface area (Å²) in [6.07, 6.45) is 1.29. The van der Waals surface area contributed by atoms with E-state index in [1.54, 1.807) is 0 Å². The lowest BCUT2D eigenvalue weighted by Gasteiger charge is -2.44. The quantitative estimate of drug-likeness (QED) is 0.827. The maximum absolute atomic E-state index is 12.8. The number of carbonyl (C=O) groups is 1. The summed E-state index contributed by atoms with van der Waals surface area (Å²) in [7, 11) is -3.48. The predicted molar refractivity (Wildman–Crippen MR) is 100 cm³/mol. The number of piperazine rings is 1. The van der Waals surface area contributed by atoms with Crippen molar-refractivity contribution in [3.8, 4) is 0 Å².